The van der Waals surface area contributed by atoms with E-state index in [4.69, 9.17) is 0 Å². The van der Waals surface area contributed by atoms with Crippen molar-refractivity contribution in [2.75, 3.05) is 11.9 Å². The van der Waals surface area contributed by atoms with E-state index in [-0.39, 0.29) is 12.2 Å². The van der Waals surface area contributed by atoms with E-state index < -0.39 is 11.0 Å². The highest BCUT2D eigenvalue weighted by Crippen LogP contribution is 2.28. The van der Waals surface area contributed by atoms with Crippen LogP contribution >= 0.6 is 11.3 Å². The van der Waals surface area contributed by atoms with Crippen molar-refractivity contribution in [2.24, 2.45) is 0 Å². The maximum atomic E-state index is 11.0. The third-order valence-corrected chi connectivity index (χ3v) is 3.54. The van der Waals surface area contributed by atoms with Crippen molar-refractivity contribution in [3.63, 3.8) is 0 Å². The van der Waals surface area contributed by atoms with Crippen LogP contribution in [0.4, 0.5) is 11.4 Å². The highest BCUT2D eigenvalue weighted by Gasteiger charge is 2.17. The molecule has 1 aromatic heterocycles. The summed E-state index contributed by atoms with van der Waals surface area (Å²) in [5.41, 5.74) is 1.90. The standard InChI is InChI=1S/C13H14N2O3S/c1-9-3-2-4-11(13(9)15(17)18)14-7-12(16)10-5-6-19-8-10/h2-6,8,12,14,16H,7H2,1H3. The molecule has 0 aliphatic carbocycles. The summed E-state index contributed by atoms with van der Waals surface area (Å²) in [4.78, 5) is 10.6. The Bertz CT molecular complexity index is 569. The molecule has 19 heavy (non-hydrogen) atoms. The largest absolute Gasteiger partial charge is 0.387 e. The number of aryl methyl sites for hydroxylation is 1. The van der Waals surface area contributed by atoms with Crippen molar-refractivity contribution < 1.29 is 10.0 Å². The first-order valence-corrected chi connectivity index (χ1v) is 6.72. The molecule has 1 aromatic carbocycles. The topological polar surface area (TPSA) is 75.4 Å². The van der Waals surface area contributed by atoms with Crippen molar-refractivity contribution in [1.82, 2.24) is 0 Å². The molecule has 0 bridgehead atoms. The van der Waals surface area contributed by atoms with Crippen molar-refractivity contribution in [3.8, 4) is 0 Å². The third-order valence-electron chi connectivity index (χ3n) is 2.83. The number of thiophene rings is 1. The summed E-state index contributed by atoms with van der Waals surface area (Å²) in [6.07, 6.45) is -0.675. The Labute approximate surface area is 114 Å². The molecule has 6 heteroatoms. The van der Waals surface area contributed by atoms with Gasteiger partial charge in [-0.15, -0.1) is 0 Å². The van der Waals surface area contributed by atoms with Crippen LogP contribution < -0.4 is 5.32 Å². The number of benzene rings is 1. The van der Waals surface area contributed by atoms with Gasteiger partial charge in [0.2, 0.25) is 0 Å². The summed E-state index contributed by atoms with van der Waals surface area (Å²) in [6.45, 7) is 1.93. The fraction of sp³-hybridized carbons (Fsp3) is 0.231. The Morgan fingerprint density at radius 2 is 2.26 bits per heavy atom. The van der Waals surface area contributed by atoms with E-state index in [0.29, 0.717) is 11.3 Å². The average molecular weight is 278 g/mol. The summed E-state index contributed by atoms with van der Waals surface area (Å²) in [7, 11) is 0. The first-order chi connectivity index (χ1) is 9.09. The third kappa shape index (κ3) is 3.10. The number of nitro groups is 1. The molecule has 0 fully saturated rings. The van der Waals surface area contributed by atoms with Crippen LogP contribution in [0.3, 0.4) is 0 Å². The quantitative estimate of drug-likeness (QED) is 0.651. The number of anilines is 1. The summed E-state index contributed by atoms with van der Waals surface area (Å²) < 4.78 is 0. The number of aliphatic hydroxyl groups excluding tert-OH is 1. The van der Waals surface area contributed by atoms with Crippen LogP contribution in [-0.2, 0) is 0 Å². The van der Waals surface area contributed by atoms with E-state index >= 15 is 0 Å². The molecule has 2 rings (SSSR count). The molecule has 0 amide bonds. The molecule has 0 aliphatic heterocycles. The van der Waals surface area contributed by atoms with Gasteiger partial charge in [-0.05, 0) is 35.4 Å². The summed E-state index contributed by atoms with van der Waals surface area (Å²) in [5.74, 6) is 0. The van der Waals surface area contributed by atoms with Crippen LogP contribution in [-0.4, -0.2) is 16.6 Å². The summed E-state index contributed by atoms with van der Waals surface area (Å²) >= 11 is 1.50. The molecule has 1 atom stereocenters. The molecule has 1 heterocycles. The second-order valence-electron chi connectivity index (χ2n) is 4.18. The van der Waals surface area contributed by atoms with Gasteiger partial charge in [0.25, 0.3) is 5.69 Å². The molecule has 2 aromatic rings. The fourth-order valence-corrected chi connectivity index (χ4v) is 2.54. The maximum absolute atomic E-state index is 11.0. The van der Waals surface area contributed by atoms with Gasteiger partial charge >= 0.3 is 0 Å². The number of aliphatic hydroxyl groups is 1. The molecule has 0 saturated heterocycles. The Morgan fingerprint density at radius 1 is 1.47 bits per heavy atom. The zero-order valence-electron chi connectivity index (χ0n) is 10.4. The number of nitrogens with zero attached hydrogens (tertiary/aromatic N) is 1. The summed E-state index contributed by atoms with van der Waals surface area (Å²) in [5, 5.41) is 27.6. The van der Waals surface area contributed by atoms with Crippen LogP contribution in [0.1, 0.15) is 17.2 Å². The van der Waals surface area contributed by atoms with Gasteiger partial charge in [0.1, 0.15) is 5.69 Å². The Hall–Kier alpha value is -1.92. The zero-order valence-corrected chi connectivity index (χ0v) is 11.2. The lowest BCUT2D eigenvalue weighted by Crippen LogP contribution is -2.12. The number of para-hydroxylation sites is 1. The van der Waals surface area contributed by atoms with Gasteiger partial charge in [0.15, 0.2) is 0 Å². The molecule has 0 aliphatic rings. The molecular formula is C13H14N2O3S. The van der Waals surface area contributed by atoms with Gasteiger partial charge in [-0.2, -0.15) is 11.3 Å². The lowest BCUT2D eigenvalue weighted by Gasteiger charge is -2.12. The van der Waals surface area contributed by atoms with E-state index in [2.05, 4.69) is 5.32 Å². The normalized spacial score (nSPS) is 12.1. The number of nitro benzene ring substituents is 1. The fourth-order valence-electron chi connectivity index (χ4n) is 1.83. The van der Waals surface area contributed by atoms with Gasteiger partial charge in [0, 0.05) is 12.1 Å². The van der Waals surface area contributed by atoms with Crippen LogP contribution in [0.15, 0.2) is 35.0 Å². The highest BCUT2D eigenvalue weighted by atomic mass is 32.1. The first kappa shape index (κ1) is 13.5. The minimum absolute atomic E-state index is 0.0556. The molecule has 100 valence electrons. The monoisotopic (exact) mass is 278 g/mol. The van der Waals surface area contributed by atoms with E-state index in [9.17, 15) is 15.2 Å². The van der Waals surface area contributed by atoms with E-state index in [1.165, 1.54) is 11.3 Å². The molecule has 0 saturated carbocycles. The van der Waals surface area contributed by atoms with E-state index in [0.717, 1.165) is 5.56 Å². The van der Waals surface area contributed by atoms with Gasteiger partial charge in [-0.25, -0.2) is 0 Å². The molecule has 1 unspecified atom stereocenters. The van der Waals surface area contributed by atoms with Gasteiger partial charge in [-0.1, -0.05) is 12.1 Å². The Balaban J connectivity index is 2.12. The highest BCUT2D eigenvalue weighted by molar-refractivity contribution is 7.07. The van der Waals surface area contributed by atoms with Crippen molar-refractivity contribution >= 4 is 22.7 Å². The van der Waals surface area contributed by atoms with Gasteiger partial charge < -0.3 is 10.4 Å². The minimum Gasteiger partial charge on any atom is -0.387 e. The van der Waals surface area contributed by atoms with E-state index in [1.807, 2.05) is 16.8 Å². The second-order valence-corrected chi connectivity index (χ2v) is 4.96. The number of rotatable bonds is 5. The Kier molecular flexibility index (Phi) is 4.13. The smallest absolute Gasteiger partial charge is 0.295 e. The van der Waals surface area contributed by atoms with Crippen LogP contribution in [0.5, 0.6) is 0 Å². The average Bonchev–Trinajstić information content (AvgIpc) is 2.89. The zero-order chi connectivity index (χ0) is 13.8. The maximum Gasteiger partial charge on any atom is 0.295 e. The lowest BCUT2D eigenvalue weighted by molar-refractivity contribution is -0.384. The van der Waals surface area contributed by atoms with E-state index in [1.54, 1.807) is 25.1 Å². The first-order valence-electron chi connectivity index (χ1n) is 5.77. The predicted molar refractivity (Wildman–Crippen MR) is 75.6 cm³/mol. The minimum atomic E-state index is -0.675. The molecule has 0 spiro atoms. The number of nitrogens with one attached hydrogen (secondary N) is 1. The Morgan fingerprint density at radius 3 is 2.89 bits per heavy atom. The second kappa shape index (κ2) is 5.81. The predicted octanol–water partition coefficient (Wildman–Crippen LogP) is 3.11. The van der Waals surface area contributed by atoms with Gasteiger partial charge in [0.05, 0.1) is 11.0 Å². The van der Waals surface area contributed by atoms with Crippen LogP contribution in [0, 0.1) is 17.0 Å². The van der Waals surface area contributed by atoms with Crippen LogP contribution in [0.2, 0.25) is 0 Å². The lowest BCUT2D eigenvalue weighted by atomic mass is 10.1. The van der Waals surface area contributed by atoms with Crippen LogP contribution in [0.25, 0.3) is 0 Å². The molecule has 2 N–H and O–H groups in total. The molecular weight excluding hydrogens is 264 g/mol. The molecule has 0 radical (unpaired) electrons. The van der Waals surface area contributed by atoms with Crippen molar-refractivity contribution in [2.45, 2.75) is 13.0 Å². The molecule has 5 nitrogen and oxygen atoms in total. The number of hydrogen-bond donors (Lipinski definition) is 2. The SMILES string of the molecule is Cc1cccc(NCC(O)c2ccsc2)c1[N+](=O)[O-]. The number of hydrogen-bond acceptors (Lipinski definition) is 5. The van der Waals surface area contributed by atoms with Crippen molar-refractivity contribution in [1.29, 1.82) is 0 Å². The van der Waals surface area contributed by atoms with Crippen molar-refractivity contribution in [3.05, 3.63) is 56.3 Å². The summed E-state index contributed by atoms with van der Waals surface area (Å²) in [6, 6.07) is 6.92. The van der Waals surface area contributed by atoms with Gasteiger partial charge in [-0.3, -0.25) is 10.1 Å².